The molecule has 0 atom stereocenters. The van der Waals surface area contributed by atoms with Crippen molar-refractivity contribution in [3.05, 3.63) is 79.4 Å². The number of para-hydroxylation sites is 2. The summed E-state index contributed by atoms with van der Waals surface area (Å²) in [5, 5.41) is 2.15. The number of esters is 1. The molecule has 1 heterocycles. The molecule has 0 bridgehead atoms. The van der Waals surface area contributed by atoms with E-state index in [1.807, 2.05) is 60.7 Å². The zero-order valence-electron chi connectivity index (χ0n) is 12.9. The number of fused-ring (bicyclic) bond motifs is 3. The van der Waals surface area contributed by atoms with E-state index in [1.165, 1.54) is 0 Å². The van der Waals surface area contributed by atoms with Crippen LogP contribution >= 0.6 is 0 Å². The Bertz CT molecular complexity index is 1070. The Balaban J connectivity index is 1.89. The van der Waals surface area contributed by atoms with Crippen molar-refractivity contribution in [1.29, 1.82) is 0 Å². The number of furan rings is 1. The molecule has 0 unspecified atom stereocenters. The van der Waals surface area contributed by atoms with Crippen molar-refractivity contribution in [1.82, 2.24) is 0 Å². The monoisotopic (exact) mass is 314 g/mol. The second-order valence-electron chi connectivity index (χ2n) is 5.43. The fraction of sp³-hybridized carbons (Fsp3) is 0. The zero-order valence-corrected chi connectivity index (χ0v) is 12.9. The van der Waals surface area contributed by atoms with E-state index in [4.69, 9.17) is 9.15 Å². The van der Waals surface area contributed by atoms with Crippen LogP contribution in [0.1, 0.15) is 0 Å². The lowest BCUT2D eigenvalue weighted by Crippen LogP contribution is -2.02. The van der Waals surface area contributed by atoms with Crippen molar-refractivity contribution >= 4 is 27.9 Å². The normalized spacial score (nSPS) is 10.8. The van der Waals surface area contributed by atoms with Crippen LogP contribution in [-0.2, 0) is 4.79 Å². The molecule has 0 saturated carbocycles. The summed E-state index contributed by atoms with van der Waals surface area (Å²) < 4.78 is 11.3. The molecule has 0 aliphatic heterocycles. The number of ether oxygens (including phenoxy) is 1. The van der Waals surface area contributed by atoms with Crippen molar-refractivity contribution in [2.45, 2.75) is 0 Å². The average Bonchev–Trinajstić information content (AvgIpc) is 3.00. The second-order valence-corrected chi connectivity index (χ2v) is 5.43. The molecule has 0 aliphatic rings. The Morgan fingerprint density at radius 2 is 1.75 bits per heavy atom. The first-order valence-corrected chi connectivity index (χ1v) is 7.61. The lowest BCUT2D eigenvalue weighted by atomic mass is 10.0. The summed E-state index contributed by atoms with van der Waals surface area (Å²) in [6.45, 7) is 3.41. The smallest absolute Gasteiger partial charge is 0.335 e. The summed E-state index contributed by atoms with van der Waals surface area (Å²) in [6.07, 6.45) is 1.15. The number of benzene rings is 3. The molecule has 4 rings (SSSR count). The van der Waals surface area contributed by atoms with E-state index >= 15 is 0 Å². The Morgan fingerprint density at radius 1 is 0.958 bits per heavy atom. The molecular formula is C21H14O3. The highest BCUT2D eigenvalue weighted by Gasteiger charge is 2.12. The molecule has 0 fully saturated rings. The average molecular weight is 314 g/mol. The lowest BCUT2D eigenvalue weighted by Gasteiger charge is -2.06. The molecule has 0 amide bonds. The number of hydrogen-bond acceptors (Lipinski definition) is 3. The minimum Gasteiger partial charge on any atom is -0.455 e. The molecule has 24 heavy (non-hydrogen) atoms. The molecule has 0 aliphatic carbocycles. The number of rotatable bonds is 3. The van der Waals surface area contributed by atoms with E-state index < -0.39 is 5.97 Å². The van der Waals surface area contributed by atoms with Crippen LogP contribution in [0.4, 0.5) is 0 Å². The quantitative estimate of drug-likeness (QED) is 0.291. The summed E-state index contributed by atoms with van der Waals surface area (Å²) in [5.41, 5.74) is 3.56. The number of carbonyl (C=O) groups is 1. The van der Waals surface area contributed by atoms with Crippen LogP contribution in [0.25, 0.3) is 33.1 Å². The Hall–Kier alpha value is -3.33. The second kappa shape index (κ2) is 5.70. The maximum atomic E-state index is 11.4. The first-order valence-electron chi connectivity index (χ1n) is 7.61. The third kappa shape index (κ3) is 2.36. The highest BCUT2D eigenvalue weighted by molar-refractivity contribution is 6.09. The van der Waals surface area contributed by atoms with Gasteiger partial charge in [-0.25, -0.2) is 4.79 Å². The van der Waals surface area contributed by atoms with Crippen molar-refractivity contribution in [3.8, 4) is 16.9 Å². The molecule has 0 saturated heterocycles. The van der Waals surface area contributed by atoms with Gasteiger partial charge < -0.3 is 9.15 Å². The fourth-order valence-electron chi connectivity index (χ4n) is 2.86. The molecule has 4 aromatic rings. The summed E-state index contributed by atoms with van der Waals surface area (Å²) in [5.74, 6) is -0.000361. The van der Waals surface area contributed by atoms with Gasteiger partial charge in [-0.2, -0.15) is 0 Å². The predicted molar refractivity (Wildman–Crippen MR) is 95.0 cm³/mol. The highest BCUT2D eigenvalue weighted by atomic mass is 16.5. The van der Waals surface area contributed by atoms with Crippen LogP contribution in [0.3, 0.4) is 0 Å². The standard InChI is InChI=1S/C21H14O3/c1-2-20(22)23-15-8-5-7-14(13-15)16-10-6-11-18-17-9-3-4-12-19(17)24-21(16)18/h2-13H,1H2. The molecule has 3 nitrogen and oxygen atoms in total. The minimum absolute atomic E-state index is 0.477. The molecule has 3 heteroatoms. The summed E-state index contributed by atoms with van der Waals surface area (Å²) in [4.78, 5) is 11.4. The predicted octanol–water partition coefficient (Wildman–Crippen LogP) is 5.34. The van der Waals surface area contributed by atoms with Gasteiger partial charge in [0.2, 0.25) is 0 Å². The topological polar surface area (TPSA) is 39.4 Å². The molecule has 0 N–H and O–H groups in total. The maximum absolute atomic E-state index is 11.4. The van der Waals surface area contributed by atoms with Gasteiger partial charge in [0.05, 0.1) is 0 Å². The molecule has 0 spiro atoms. The van der Waals surface area contributed by atoms with Gasteiger partial charge >= 0.3 is 5.97 Å². The summed E-state index contributed by atoms with van der Waals surface area (Å²) in [7, 11) is 0. The van der Waals surface area contributed by atoms with Crippen LogP contribution in [0, 0.1) is 0 Å². The van der Waals surface area contributed by atoms with Crippen molar-refractivity contribution in [2.24, 2.45) is 0 Å². The van der Waals surface area contributed by atoms with Gasteiger partial charge in [0.15, 0.2) is 0 Å². The van der Waals surface area contributed by atoms with E-state index in [9.17, 15) is 4.79 Å². The summed E-state index contributed by atoms with van der Waals surface area (Å²) >= 11 is 0. The first-order chi connectivity index (χ1) is 11.8. The van der Waals surface area contributed by atoms with Crippen LogP contribution in [0.15, 0.2) is 83.8 Å². The van der Waals surface area contributed by atoms with Gasteiger partial charge in [0.25, 0.3) is 0 Å². The Labute approximate surface area is 138 Å². The molecule has 116 valence electrons. The van der Waals surface area contributed by atoms with Gasteiger partial charge in [0, 0.05) is 22.4 Å². The third-order valence-electron chi connectivity index (χ3n) is 3.93. The van der Waals surface area contributed by atoms with Crippen LogP contribution in [0.2, 0.25) is 0 Å². The number of hydrogen-bond donors (Lipinski definition) is 0. The number of carbonyl (C=O) groups excluding carboxylic acids is 1. The van der Waals surface area contributed by atoms with E-state index in [0.717, 1.165) is 39.1 Å². The van der Waals surface area contributed by atoms with Crippen molar-refractivity contribution in [2.75, 3.05) is 0 Å². The lowest BCUT2D eigenvalue weighted by molar-refractivity contribution is -0.128. The van der Waals surface area contributed by atoms with Gasteiger partial charge in [-0.3, -0.25) is 0 Å². The van der Waals surface area contributed by atoms with Crippen LogP contribution in [0.5, 0.6) is 5.75 Å². The van der Waals surface area contributed by atoms with E-state index in [2.05, 4.69) is 6.58 Å². The largest absolute Gasteiger partial charge is 0.455 e. The zero-order chi connectivity index (χ0) is 16.5. The van der Waals surface area contributed by atoms with Gasteiger partial charge in [-0.15, -0.1) is 0 Å². The fourth-order valence-corrected chi connectivity index (χ4v) is 2.86. The highest BCUT2D eigenvalue weighted by Crippen LogP contribution is 2.36. The van der Waals surface area contributed by atoms with E-state index in [-0.39, 0.29) is 0 Å². The Kier molecular flexibility index (Phi) is 3.39. The van der Waals surface area contributed by atoms with Crippen LogP contribution in [-0.4, -0.2) is 5.97 Å². The molecule has 0 radical (unpaired) electrons. The summed E-state index contributed by atoms with van der Waals surface area (Å²) in [6, 6.07) is 21.4. The van der Waals surface area contributed by atoms with Gasteiger partial charge in [-0.1, -0.05) is 55.1 Å². The minimum atomic E-state index is -0.478. The Morgan fingerprint density at radius 3 is 2.62 bits per heavy atom. The van der Waals surface area contributed by atoms with E-state index in [1.54, 1.807) is 6.07 Å². The first kappa shape index (κ1) is 14.3. The van der Waals surface area contributed by atoms with Crippen molar-refractivity contribution in [3.63, 3.8) is 0 Å². The van der Waals surface area contributed by atoms with Crippen molar-refractivity contribution < 1.29 is 13.9 Å². The third-order valence-corrected chi connectivity index (χ3v) is 3.93. The van der Waals surface area contributed by atoms with Crippen LogP contribution < -0.4 is 4.74 Å². The van der Waals surface area contributed by atoms with E-state index in [0.29, 0.717) is 5.75 Å². The molecule has 1 aromatic heterocycles. The molecule has 3 aromatic carbocycles. The maximum Gasteiger partial charge on any atom is 0.335 e. The molecular weight excluding hydrogens is 300 g/mol. The van der Waals surface area contributed by atoms with Gasteiger partial charge in [0.1, 0.15) is 16.9 Å². The SMILES string of the molecule is C=CC(=O)Oc1cccc(-c2cccc3c2oc2ccccc23)c1. The van der Waals surface area contributed by atoms with Gasteiger partial charge in [-0.05, 0) is 23.8 Å².